The van der Waals surface area contributed by atoms with Crippen molar-refractivity contribution in [1.82, 2.24) is 4.98 Å². The van der Waals surface area contributed by atoms with Crippen LogP contribution in [-0.4, -0.2) is 17.1 Å². The SMILES string of the molecule is O=C(c1ccccn1)c1cc(Br)ccc1OC(F)(F)F. The van der Waals surface area contributed by atoms with E-state index in [1.807, 2.05) is 0 Å². The van der Waals surface area contributed by atoms with Gasteiger partial charge in [-0.1, -0.05) is 22.0 Å². The van der Waals surface area contributed by atoms with E-state index in [9.17, 15) is 18.0 Å². The monoisotopic (exact) mass is 345 g/mol. The van der Waals surface area contributed by atoms with Crippen molar-refractivity contribution in [1.29, 1.82) is 0 Å². The Morgan fingerprint density at radius 1 is 1.20 bits per heavy atom. The van der Waals surface area contributed by atoms with Crippen molar-refractivity contribution in [2.45, 2.75) is 6.36 Å². The minimum atomic E-state index is -4.87. The van der Waals surface area contributed by atoms with Crippen LogP contribution in [0.15, 0.2) is 47.1 Å². The molecule has 0 radical (unpaired) electrons. The zero-order valence-corrected chi connectivity index (χ0v) is 11.4. The molecule has 0 amide bonds. The van der Waals surface area contributed by atoms with Crippen molar-refractivity contribution in [2.24, 2.45) is 0 Å². The molecule has 0 saturated heterocycles. The Balaban J connectivity index is 2.44. The number of alkyl halides is 3. The molecule has 0 bridgehead atoms. The molecule has 0 aliphatic carbocycles. The molecule has 1 aromatic carbocycles. The van der Waals surface area contributed by atoms with Gasteiger partial charge in [0.2, 0.25) is 5.78 Å². The van der Waals surface area contributed by atoms with Gasteiger partial charge in [-0.3, -0.25) is 9.78 Å². The summed E-state index contributed by atoms with van der Waals surface area (Å²) in [6, 6.07) is 8.29. The number of rotatable bonds is 3. The largest absolute Gasteiger partial charge is 0.573 e. The van der Waals surface area contributed by atoms with Crippen LogP contribution in [0.2, 0.25) is 0 Å². The molecule has 0 N–H and O–H groups in total. The van der Waals surface area contributed by atoms with Gasteiger partial charge in [-0.25, -0.2) is 0 Å². The summed E-state index contributed by atoms with van der Waals surface area (Å²) in [5.41, 5.74) is -0.173. The predicted octanol–water partition coefficient (Wildman–Crippen LogP) is 3.97. The van der Waals surface area contributed by atoms with Crippen molar-refractivity contribution in [3.05, 3.63) is 58.3 Å². The van der Waals surface area contributed by atoms with Gasteiger partial charge in [-0.2, -0.15) is 0 Å². The minimum Gasteiger partial charge on any atom is -0.405 e. The van der Waals surface area contributed by atoms with Gasteiger partial charge < -0.3 is 4.74 Å². The maximum atomic E-state index is 12.3. The molecule has 0 aliphatic rings. The summed E-state index contributed by atoms with van der Waals surface area (Å²) < 4.78 is 41.3. The van der Waals surface area contributed by atoms with Gasteiger partial charge in [-0.05, 0) is 30.3 Å². The number of carbonyl (C=O) groups excluding carboxylic acids is 1. The van der Waals surface area contributed by atoms with Crippen LogP contribution >= 0.6 is 15.9 Å². The molecule has 2 rings (SSSR count). The summed E-state index contributed by atoms with van der Waals surface area (Å²) in [5.74, 6) is -1.21. The fourth-order valence-electron chi connectivity index (χ4n) is 1.53. The van der Waals surface area contributed by atoms with Gasteiger partial charge in [0.25, 0.3) is 0 Å². The van der Waals surface area contributed by atoms with E-state index in [-0.39, 0.29) is 11.3 Å². The number of pyridine rings is 1. The molecule has 0 atom stereocenters. The summed E-state index contributed by atoms with van der Waals surface area (Å²) >= 11 is 3.11. The summed E-state index contributed by atoms with van der Waals surface area (Å²) in [4.78, 5) is 16.0. The molecule has 104 valence electrons. The zero-order chi connectivity index (χ0) is 14.8. The third kappa shape index (κ3) is 3.57. The maximum absolute atomic E-state index is 12.3. The van der Waals surface area contributed by atoms with Gasteiger partial charge in [0, 0.05) is 10.7 Å². The predicted molar refractivity (Wildman–Crippen MR) is 68.5 cm³/mol. The molecule has 3 nitrogen and oxygen atoms in total. The quantitative estimate of drug-likeness (QED) is 0.790. The molecule has 1 heterocycles. The average molecular weight is 346 g/mol. The highest BCUT2D eigenvalue weighted by Gasteiger charge is 2.33. The Bertz CT molecular complexity index is 629. The third-order valence-electron chi connectivity index (χ3n) is 2.31. The van der Waals surface area contributed by atoms with Crippen LogP contribution in [0.4, 0.5) is 13.2 Å². The molecule has 0 saturated carbocycles. The van der Waals surface area contributed by atoms with Crippen LogP contribution in [0, 0.1) is 0 Å². The van der Waals surface area contributed by atoms with Gasteiger partial charge in [0.15, 0.2) is 0 Å². The molecule has 20 heavy (non-hydrogen) atoms. The summed E-state index contributed by atoms with van der Waals surface area (Å²) in [6.07, 6.45) is -3.48. The number of carbonyl (C=O) groups is 1. The number of hydrogen-bond acceptors (Lipinski definition) is 3. The standard InChI is InChI=1S/C13H7BrF3NO2/c14-8-4-5-11(20-13(15,16)17)9(7-8)12(19)10-3-1-2-6-18-10/h1-7H. The van der Waals surface area contributed by atoms with Crippen molar-refractivity contribution >= 4 is 21.7 Å². The van der Waals surface area contributed by atoms with E-state index in [0.717, 1.165) is 6.07 Å². The second-order valence-corrected chi connectivity index (χ2v) is 4.65. The van der Waals surface area contributed by atoms with E-state index in [4.69, 9.17) is 0 Å². The van der Waals surface area contributed by atoms with E-state index in [0.29, 0.717) is 4.47 Å². The Morgan fingerprint density at radius 2 is 1.95 bits per heavy atom. The van der Waals surface area contributed by atoms with Crippen molar-refractivity contribution < 1.29 is 22.7 Å². The summed E-state index contributed by atoms with van der Waals surface area (Å²) in [6.45, 7) is 0. The molecule has 7 heteroatoms. The first-order chi connectivity index (χ1) is 9.37. The number of ether oxygens (including phenoxy) is 1. The first kappa shape index (κ1) is 14.5. The number of aromatic nitrogens is 1. The maximum Gasteiger partial charge on any atom is 0.573 e. The van der Waals surface area contributed by atoms with E-state index in [1.165, 1.54) is 24.4 Å². The van der Waals surface area contributed by atoms with Crippen LogP contribution in [-0.2, 0) is 0 Å². The van der Waals surface area contributed by atoms with E-state index < -0.39 is 17.9 Å². The van der Waals surface area contributed by atoms with E-state index in [2.05, 4.69) is 25.7 Å². The zero-order valence-electron chi connectivity index (χ0n) is 9.82. The first-order valence-electron chi connectivity index (χ1n) is 5.38. The Labute approximate surface area is 120 Å². The Hall–Kier alpha value is -1.89. The second kappa shape index (κ2) is 5.62. The summed E-state index contributed by atoms with van der Waals surface area (Å²) in [5, 5.41) is 0. The van der Waals surface area contributed by atoms with E-state index >= 15 is 0 Å². The third-order valence-corrected chi connectivity index (χ3v) is 2.80. The van der Waals surface area contributed by atoms with Gasteiger partial charge in [0.1, 0.15) is 11.4 Å². The molecule has 0 spiro atoms. The molecule has 0 aliphatic heterocycles. The molecule has 2 aromatic rings. The van der Waals surface area contributed by atoms with Crippen LogP contribution in [0.1, 0.15) is 16.1 Å². The van der Waals surface area contributed by atoms with Gasteiger partial charge in [0.05, 0.1) is 5.56 Å². The number of hydrogen-bond donors (Lipinski definition) is 0. The number of ketones is 1. The molecular weight excluding hydrogens is 339 g/mol. The molecular formula is C13H7BrF3NO2. The Kier molecular flexibility index (Phi) is 4.08. The van der Waals surface area contributed by atoms with Gasteiger partial charge in [-0.15, -0.1) is 13.2 Å². The second-order valence-electron chi connectivity index (χ2n) is 3.73. The lowest BCUT2D eigenvalue weighted by molar-refractivity contribution is -0.274. The topological polar surface area (TPSA) is 39.2 Å². The van der Waals surface area contributed by atoms with E-state index in [1.54, 1.807) is 12.1 Å². The smallest absolute Gasteiger partial charge is 0.405 e. The molecule has 0 fully saturated rings. The van der Waals surface area contributed by atoms with Crippen molar-refractivity contribution in [2.75, 3.05) is 0 Å². The van der Waals surface area contributed by atoms with Crippen molar-refractivity contribution in [3.8, 4) is 5.75 Å². The highest BCUT2D eigenvalue weighted by Crippen LogP contribution is 2.30. The van der Waals surface area contributed by atoms with Gasteiger partial charge >= 0.3 is 6.36 Å². The Morgan fingerprint density at radius 3 is 2.55 bits per heavy atom. The van der Waals surface area contributed by atoms with Crippen LogP contribution in [0.3, 0.4) is 0 Å². The van der Waals surface area contributed by atoms with Crippen LogP contribution < -0.4 is 4.74 Å². The highest BCUT2D eigenvalue weighted by molar-refractivity contribution is 9.10. The minimum absolute atomic E-state index is 0.0395. The number of benzene rings is 1. The fourth-order valence-corrected chi connectivity index (χ4v) is 1.89. The lowest BCUT2D eigenvalue weighted by Crippen LogP contribution is -2.19. The van der Waals surface area contributed by atoms with Crippen LogP contribution in [0.5, 0.6) is 5.75 Å². The van der Waals surface area contributed by atoms with Crippen LogP contribution in [0.25, 0.3) is 0 Å². The number of halogens is 4. The normalized spacial score (nSPS) is 11.2. The average Bonchev–Trinajstić information content (AvgIpc) is 2.39. The number of nitrogens with zero attached hydrogens (tertiary/aromatic N) is 1. The van der Waals surface area contributed by atoms with Crippen molar-refractivity contribution in [3.63, 3.8) is 0 Å². The summed E-state index contributed by atoms with van der Waals surface area (Å²) in [7, 11) is 0. The molecule has 0 unspecified atom stereocenters. The lowest BCUT2D eigenvalue weighted by Gasteiger charge is -2.12. The highest BCUT2D eigenvalue weighted by atomic mass is 79.9. The molecule has 1 aromatic heterocycles. The lowest BCUT2D eigenvalue weighted by atomic mass is 10.1. The fraction of sp³-hybridized carbons (Fsp3) is 0.0769. The first-order valence-corrected chi connectivity index (χ1v) is 6.17.